The molecule has 1 aromatic carbocycles. The molecule has 1 aliphatic rings. The van der Waals surface area contributed by atoms with E-state index in [0.29, 0.717) is 17.6 Å². The molecule has 2 heterocycles. The van der Waals surface area contributed by atoms with Crippen LogP contribution < -0.4 is 16.6 Å². The predicted octanol–water partition coefficient (Wildman–Crippen LogP) is 0.256. The molecule has 1 unspecified atom stereocenters. The van der Waals surface area contributed by atoms with Gasteiger partial charge in [0.15, 0.2) is 6.10 Å². The van der Waals surface area contributed by atoms with Crippen molar-refractivity contribution in [2.75, 3.05) is 25.0 Å². The molecule has 0 radical (unpaired) electrons. The normalized spacial score (nSPS) is 17.7. The van der Waals surface area contributed by atoms with E-state index in [1.165, 1.54) is 9.47 Å². The Hall–Kier alpha value is -2.87. The molecule has 0 aliphatic carbocycles. The third-order valence-corrected chi connectivity index (χ3v) is 4.00. The molecule has 1 saturated heterocycles. The van der Waals surface area contributed by atoms with E-state index in [1.54, 1.807) is 31.4 Å². The van der Waals surface area contributed by atoms with E-state index in [9.17, 15) is 14.4 Å². The molecule has 1 fully saturated rings. The van der Waals surface area contributed by atoms with Crippen LogP contribution >= 0.6 is 0 Å². The highest BCUT2D eigenvalue weighted by Crippen LogP contribution is 2.17. The molecule has 8 heteroatoms. The number of aryl methyl sites for hydroxylation is 1. The van der Waals surface area contributed by atoms with Crippen molar-refractivity contribution in [1.29, 1.82) is 0 Å². The van der Waals surface area contributed by atoms with Crippen LogP contribution in [0, 0.1) is 0 Å². The molecule has 3 amide bonds. The van der Waals surface area contributed by atoms with Crippen molar-refractivity contribution in [2.45, 2.75) is 6.10 Å². The van der Waals surface area contributed by atoms with Crippen LogP contribution in [0.5, 0.6) is 0 Å². The Kier molecular flexibility index (Phi) is 4.22. The zero-order chi connectivity index (χ0) is 17.3. The summed E-state index contributed by atoms with van der Waals surface area (Å²) in [4.78, 5) is 37.2. The number of hydrogen-bond donors (Lipinski definition) is 2. The summed E-state index contributed by atoms with van der Waals surface area (Å²) in [5, 5.41) is 4.07. The number of benzene rings is 1. The SMILES string of the molecule is Cn1ccc2ccc(NC(=O)N3CCOC(C(N)=O)C3)cc2c1=O. The van der Waals surface area contributed by atoms with Gasteiger partial charge in [-0.3, -0.25) is 9.59 Å². The minimum atomic E-state index is -0.798. The lowest BCUT2D eigenvalue weighted by Crippen LogP contribution is -2.51. The maximum Gasteiger partial charge on any atom is 0.322 e. The second-order valence-electron chi connectivity index (χ2n) is 5.67. The minimum absolute atomic E-state index is 0.108. The number of carbonyl (C=O) groups is 2. The van der Waals surface area contributed by atoms with E-state index >= 15 is 0 Å². The fraction of sp³-hybridized carbons (Fsp3) is 0.312. The Morgan fingerprint density at radius 1 is 1.33 bits per heavy atom. The van der Waals surface area contributed by atoms with E-state index in [-0.39, 0.29) is 24.7 Å². The van der Waals surface area contributed by atoms with Crippen molar-refractivity contribution >= 4 is 28.4 Å². The number of nitrogens with one attached hydrogen (secondary N) is 1. The lowest BCUT2D eigenvalue weighted by atomic mass is 10.1. The van der Waals surface area contributed by atoms with Gasteiger partial charge in [-0.2, -0.15) is 0 Å². The summed E-state index contributed by atoms with van der Waals surface area (Å²) in [5.41, 5.74) is 5.59. The molecular weight excluding hydrogens is 312 g/mol. The first-order chi connectivity index (χ1) is 11.5. The van der Waals surface area contributed by atoms with Gasteiger partial charge in [-0.1, -0.05) is 6.07 Å². The van der Waals surface area contributed by atoms with Gasteiger partial charge in [0.1, 0.15) is 0 Å². The molecule has 126 valence electrons. The van der Waals surface area contributed by atoms with Crippen LogP contribution in [-0.2, 0) is 16.6 Å². The molecule has 0 spiro atoms. The highest BCUT2D eigenvalue weighted by molar-refractivity contribution is 5.93. The molecule has 8 nitrogen and oxygen atoms in total. The monoisotopic (exact) mass is 330 g/mol. The Morgan fingerprint density at radius 2 is 2.12 bits per heavy atom. The van der Waals surface area contributed by atoms with Crippen LogP contribution in [0.15, 0.2) is 35.3 Å². The second kappa shape index (κ2) is 6.32. The van der Waals surface area contributed by atoms with Crippen molar-refractivity contribution in [1.82, 2.24) is 9.47 Å². The predicted molar refractivity (Wildman–Crippen MR) is 88.7 cm³/mol. The van der Waals surface area contributed by atoms with Crippen LogP contribution in [0.2, 0.25) is 0 Å². The number of nitrogens with zero attached hydrogens (tertiary/aromatic N) is 2. The zero-order valence-corrected chi connectivity index (χ0v) is 13.2. The Balaban J connectivity index is 1.79. The summed E-state index contributed by atoms with van der Waals surface area (Å²) in [6.07, 6.45) is 0.897. The Morgan fingerprint density at radius 3 is 2.88 bits per heavy atom. The van der Waals surface area contributed by atoms with Gasteiger partial charge >= 0.3 is 6.03 Å². The molecule has 3 N–H and O–H groups in total. The first kappa shape index (κ1) is 16.0. The summed E-state index contributed by atoms with van der Waals surface area (Å²) in [5.74, 6) is -0.596. The average molecular weight is 330 g/mol. The molecular formula is C16H18N4O4. The van der Waals surface area contributed by atoms with Crippen LogP contribution in [-0.4, -0.2) is 47.2 Å². The number of primary amides is 1. The number of amides is 3. The van der Waals surface area contributed by atoms with E-state index in [2.05, 4.69) is 5.32 Å². The number of anilines is 1. The highest BCUT2D eigenvalue weighted by Gasteiger charge is 2.27. The zero-order valence-electron chi connectivity index (χ0n) is 13.2. The van der Waals surface area contributed by atoms with Gasteiger partial charge in [0.2, 0.25) is 5.91 Å². The number of ether oxygens (including phenoxy) is 1. The Labute approximate surface area is 137 Å². The van der Waals surface area contributed by atoms with E-state index in [1.807, 2.05) is 6.07 Å². The average Bonchev–Trinajstić information content (AvgIpc) is 2.58. The third kappa shape index (κ3) is 3.09. The molecule has 1 aromatic heterocycles. The molecule has 1 aliphatic heterocycles. The first-order valence-electron chi connectivity index (χ1n) is 7.52. The van der Waals surface area contributed by atoms with Crippen LogP contribution in [0.3, 0.4) is 0 Å². The van der Waals surface area contributed by atoms with E-state index in [4.69, 9.17) is 10.5 Å². The second-order valence-corrected chi connectivity index (χ2v) is 5.67. The number of urea groups is 1. The molecule has 0 saturated carbocycles. The van der Waals surface area contributed by atoms with Crippen molar-refractivity contribution < 1.29 is 14.3 Å². The topological polar surface area (TPSA) is 107 Å². The van der Waals surface area contributed by atoms with Crippen molar-refractivity contribution in [3.63, 3.8) is 0 Å². The number of fused-ring (bicyclic) bond motifs is 1. The number of carbonyl (C=O) groups excluding carboxylic acids is 2. The lowest BCUT2D eigenvalue weighted by Gasteiger charge is -2.31. The number of nitrogens with two attached hydrogens (primary N) is 1. The van der Waals surface area contributed by atoms with Gasteiger partial charge in [0.05, 0.1) is 13.2 Å². The third-order valence-electron chi connectivity index (χ3n) is 4.00. The van der Waals surface area contributed by atoms with Crippen molar-refractivity contribution in [2.24, 2.45) is 12.8 Å². The van der Waals surface area contributed by atoms with Gasteiger partial charge in [0.25, 0.3) is 5.56 Å². The number of pyridine rings is 1. The number of morpholine rings is 1. The highest BCUT2D eigenvalue weighted by atomic mass is 16.5. The Bertz CT molecular complexity index is 861. The summed E-state index contributed by atoms with van der Waals surface area (Å²) < 4.78 is 6.70. The largest absolute Gasteiger partial charge is 0.367 e. The number of rotatable bonds is 2. The van der Waals surface area contributed by atoms with Crippen LogP contribution in [0.25, 0.3) is 10.8 Å². The maximum atomic E-state index is 12.3. The van der Waals surface area contributed by atoms with Gasteiger partial charge in [-0.15, -0.1) is 0 Å². The number of aromatic nitrogens is 1. The molecule has 3 rings (SSSR count). The molecule has 1 atom stereocenters. The molecule has 2 aromatic rings. The summed E-state index contributed by atoms with van der Waals surface area (Å²) in [7, 11) is 1.67. The fourth-order valence-electron chi connectivity index (χ4n) is 2.62. The molecule has 24 heavy (non-hydrogen) atoms. The van der Waals surface area contributed by atoms with Crippen LogP contribution in [0.1, 0.15) is 0 Å². The number of hydrogen-bond acceptors (Lipinski definition) is 4. The fourth-order valence-corrected chi connectivity index (χ4v) is 2.62. The minimum Gasteiger partial charge on any atom is -0.367 e. The summed E-state index contributed by atoms with van der Waals surface area (Å²) >= 11 is 0. The van der Waals surface area contributed by atoms with Crippen LogP contribution in [0.4, 0.5) is 10.5 Å². The lowest BCUT2D eigenvalue weighted by molar-refractivity contribution is -0.133. The van der Waals surface area contributed by atoms with E-state index < -0.39 is 12.0 Å². The van der Waals surface area contributed by atoms with Gasteiger partial charge in [-0.25, -0.2) is 4.79 Å². The van der Waals surface area contributed by atoms with Gasteiger partial charge < -0.3 is 25.3 Å². The molecule has 0 bridgehead atoms. The van der Waals surface area contributed by atoms with Crippen molar-refractivity contribution in [3.05, 3.63) is 40.8 Å². The van der Waals surface area contributed by atoms with E-state index in [0.717, 1.165) is 5.39 Å². The van der Waals surface area contributed by atoms with Gasteiger partial charge in [0, 0.05) is 30.9 Å². The standard InChI is InChI=1S/C16H18N4O4/c1-19-5-4-10-2-3-11(8-12(10)15(19)22)18-16(23)20-6-7-24-13(9-20)14(17)21/h2-5,8,13H,6-7,9H2,1H3,(H2,17,21)(H,18,23). The van der Waals surface area contributed by atoms with Gasteiger partial charge in [-0.05, 0) is 23.6 Å². The summed E-state index contributed by atoms with van der Waals surface area (Å²) in [6, 6.07) is 6.61. The summed E-state index contributed by atoms with van der Waals surface area (Å²) in [6.45, 7) is 0.723. The first-order valence-corrected chi connectivity index (χ1v) is 7.52. The quantitative estimate of drug-likeness (QED) is 0.823. The smallest absolute Gasteiger partial charge is 0.322 e. The van der Waals surface area contributed by atoms with Crippen molar-refractivity contribution in [3.8, 4) is 0 Å². The maximum absolute atomic E-state index is 12.3.